The monoisotopic (exact) mass is 223 g/mol. The van der Waals surface area contributed by atoms with Gasteiger partial charge in [-0.1, -0.05) is 0 Å². The first-order valence-electron chi connectivity index (χ1n) is 2.41. The average Bonchev–Trinajstić information content (AvgIpc) is 2.39. The molecule has 1 unspecified atom stereocenters. The van der Waals surface area contributed by atoms with Crippen molar-refractivity contribution in [3.8, 4) is 0 Å². The summed E-state index contributed by atoms with van der Waals surface area (Å²) >= 11 is -2.53. The molecule has 1 saturated heterocycles. The molecular formula is C5H6INO. The van der Waals surface area contributed by atoms with Crippen LogP contribution in [0.5, 0.6) is 0 Å². The van der Waals surface area contributed by atoms with Crippen molar-refractivity contribution in [1.29, 1.82) is 0 Å². The first-order valence-corrected chi connectivity index (χ1v) is 6.98. The predicted molar refractivity (Wildman–Crippen MR) is 39.9 cm³/mol. The third-order valence-electron chi connectivity index (χ3n) is 1.22. The van der Waals surface area contributed by atoms with Gasteiger partial charge >= 0.3 is 51.7 Å². The number of rotatable bonds is 0. The molecule has 8 heavy (non-hydrogen) atoms. The van der Waals surface area contributed by atoms with Gasteiger partial charge in [-0.25, -0.2) is 0 Å². The van der Waals surface area contributed by atoms with Crippen molar-refractivity contribution < 1.29 is 3.07 Å². The van der Waals surface area contributed by atoms with Gasteiger partial charge in [0.2, 0.25) is 0 Å². The van der Waals surface area contributed by atoms with E-state index in [2.05, 4.69) is 3.53 Å². The van der Waals surface area contributed by atoms with E-state index in [0.29, 0.717) is 0 Å². The fraction of sp³-hybridized carbons (Fsp3) is 0.200. The molecule has 0 aromatic carbocycles. The molecule has 2 heterocycles. The summed E-state index contributed by atoms with van der Waals surface area (Å²) in [5, 5.41) is 0. The zero-order chi connectivity index (χ0) is 5.61. The van der Waals surface area contributed by atoms with Crippen LogP contribution in [0.1, 0.15) is 0 Å². The zero-order valence-electron chi connectivity index (χ0n) is 4.23. The molecule has 0 radical (unpaired) electrons. The van der Waals surface area contributed by atoms with Gasteiger partial charge in [0.05, 0.1) is 0 Å². The van der Waals surface area contributed by atoms with E-state index in [1.165, 1.54) is 0 Å². The van der Waals surface area contributed by atoms with E-state index >= 15 is 0 Å². The standard InChI is InChI=1S/C5H6INO/c8-6-4-2-1-3-5(6)7-6/h1-3H,4H2,(H,7,8). The Labute approximate surface area is 51.9 Å². The maximum absolute atomic E-state index is 11.1. The number of hydrogen-bond donors (Lipinski definition) is 1. The van der Waals surface area contributed by atoms with Crippen molar-refractivity contribution in [2.45, 2.75) is 0 Å². The van der Waals surface area contributed by atoms with Gasteiger partial charge in [-0.15, -0.1) is 0 Å². The van der Waals surface area contributed by atoms with Gasteiger partial charge in [-0.05, 0) is 0 Å². The second-order valence-electron chi connectivity index (χ2n) is 1.82. The van der Waals surface area contributed by atoms with Crippen LogP contribution in [0.25, 0.3) is 0 Å². The van der Waals surface area contributed by atoms with Crippen LogP contribution in [0.3, 0.4) is 0 Å². The molecule has 0 amide bonds. The molecule has 3 heteroatoms. The van der Waals surface area contributed by atoms with Gasteiger partial charge in [0.15, 0.2) is 0 Å². The Kier molecular flexibility index (Phi) is 0.703. The van der Waals surface area contributed by atoms with Crippen molar-refractivity contribution in [3.05, 3.63) is 21.9 Å². The number of alkyl halides is 1. The molecular weight excluding hydrogens is 217 g/mol. The fourth-order valence-corrected chi connectivity index (χ4v) is 5.64. The Morgan fingerprint density at radius 1 is 1.75 bits per heavy atom. The Hall–Kier alpha value is -0.190. The number of allylic oxidation sites excluding steroid dienone is 3. The van der Waals surface area contributed by atoms with Gasteiger partial charge in [0, 0.05) is 0 Å². The van der Waals surface area contributed by atoms with Crippen LogP contribution in [0.15, 0.2) is 21.9 Å². The van der Waals surface area contributed by atoms with E-state index in [1.54, 1.807) is 0 Å². The van der Waals surface area contributed by atoms with Gasteiger partial charge in [0.25, 0.3) is 0 Å². The van der Waals surface area contributed by atoms with E-state index in [1.807, 2.05) is 18.2 Å². The normalized spacial score (nSPS) is 47.8. The molecule has 2 nitrogen and oxygen atoms in total. The van der Waals surface area contributed by atoms with Gasteiger partial charge in [-0.3, -0.25) is 0 Å². The van der Waals surface area contributed by atoms with Crippen LogP contribution in [0.2, 0.25) is 0 Å². The minimum atomic E-state index is -2.53. The molecule has 1 N–H and O–H groups in total. The van der Waals surface area contributed by atoms with Crippen molar-refractivity contribution in [2.75, 3.05) is 4.43 Å². The summed E-state index contributed by atoms with van der Waals surface area (Å²) in [4.78, 5) is 0. The van der Waals surface area contributed by atoms with Crippen molar-refractivity contribution in [2.24, 2.45) is 0 Å². The molecule has 0 aliphatic carbocycles. The number of fused-ring (bicyclic) bond motifs is 1. The van der Waals surface area contributed by atoms with E-state index in [0.717, 1.165) is 8.13 Å². The van der Waals surface area contributed by atoms with Crippen molar-refractivity contribution in [3.63, 3.8) is 0 Å². The van der Waals surface area contributed by atoms with Crippen LogP contribution in [-0.4, -0.2) is 4.43 Å². The number of nitrogens with one attached hydrogen (secondary N) is 1. The molecule has 0 aromatic heterocycles. The summed E-state index contributed by atoms with van der Waals surface area (Å²) in [7, 11) is 0. The summed E-state index contributed by atoms with van der Waals surface area (Å²) in [6.45, 7) is 0. The second-order valence-corrected chi connectivity index (χ2v) is 7.97. The molecule has 2 aliphatic heterocycles. The van der Waals surface area contributed by atoms with Gasteiger partial charge in [-0.2, -0.15) is 0 Å². The average molecular weight is 223 g/mol. The van der Waals surface area contributed by atoms with E-state index in [9.17, 15) is 3.07 Å². The molecule has 44 valence electrons. The Morgan fingerprint density at radius 2 is 2.62 bits per heavy atom. The number of hydrogen-bond acceptors (Lipinski definition) is 1. The van der Waals surface area contributed by atoms with Crippen molar-refractivity contribution >= 4 is 18.7 Å². The minimum absolute atomic E-state index is 0.790. The molecule has 0 spiro atoms. The molecule has 1 fully saturated rings. The molecule has 0 saturated carbocycles. The van der Waals surface area contributed by atoms with Crippen molar-refractivity contribution in [1.82, 2.24) is 3.53 Å². The Morgan fingerprint density at radius 3 is 3.12 bits per heavy atom. The molecule has 1 atom stereocenters. The SMILES string of the molecule is O=I12CC=CC=C1N2. The van der Waals surface area contributed by atoms with E-state index in [4.69, 9.17) is 0 Å². The van der Waals surface area contributed by atoms with E-state index in [-0.39, 0.29) is 0 Å². The Bertz CT molecular complexity index is 229. The predicted octanol–water partition coefficient (Wildman–Crippen LogP) is 1.30. The first kappa shape index (κ1) is 4.67. The summed E-state index contributed by atoms with van der Waals surface area (Å²) in [5.41, 5.74) is 0. The summed E-state index contributed by atoms with van der Waals surface area (Å²) in [5.74, 6) is 0. The van der Waals surface area contributed by atoms with Gasteiger partial charge < -0.3 is 0 Å². The van der Waals surface area contributed by atoms with Crippen LogP contribution >= 0.6 is 18.7 Å². The van der Waals surface area contributed by atoms with E-state index < -0.39 is 18.7 Å². The van der Waals surface area contributed by atoms with Crippen LogP contribution in [0, 0.1) is 0 Å². The Balaban J connectivity index is 2.48. The summed E-state index contributed by atoms with van der Waals surface area (Å²) < 4.78 is 15.9. The molecule has 0 bridgehead atoms. The fourth-order valence-electron chi connectivity index (χ4n) is 0.712. The summed E-state index contributed by atoms with van der Waals surface area (Å²) in [6, 6.07) is 0. The first-order chi connectivity index (χ1) is 3.81. The maximum atomic E-state index is 11.1. The third-order valence-corrected chi connectivity index (χ3v) is 6.39. The molecule has 0 aromatic rings. The number of halogens is 1. The topological polar surface area (TPSA) is 39.0 Å². The summed E-state index contributed by atoms with van der Waals surface area (Å²) in [6.07, 6.45) is 5.83. The quantitative estimate of drug-likeness (QED) is 0.221. The van der Waals surface area contributed by atoms with Gasteiger partial charge in [0.1, 0.15) is 0 Å². The van der Waals surface area contributed by atoms with Crippen LogP contribution in [-0.2, 0) is 3.07 Å². The second kappa shape index (κ2) is 1.21. The third kappa shape index (κ3) is 0.476. The van der Waals surface area contributed by atoms with Crippen LogP contribution < -0.4 is 3.53 Å². The van der Waals surface area contributed by atoms with Crippen LogP contribution in [0.4, 0.5) is 0 Å². The molecule has 2 rings (SSSR count). The molecule has 2 aliphatic rings. The zero-order valence-corrected chi connectivity index (χ0v) is 6.38.